The molecule has 0 spiro atoms. The number of likely N-dealkylation sites (tertiary alicyclic amines) is 1. The molecule has 0 aliphatic carbocycles. The van der Waals surface area contributed by atoms with Crippen LogP contribution >= 0.6 is 0 Å². The summed E-state index contributed by atoms with van der Waals surface area (Å²) in [4.78, 5) is 14.2. The van der Waals surface area contributed by atoms with Crippen LogP contribution < -0.4 is 4.74 Å². The van der Waals surface area contributed by atoms with Gasteiger partial charge in [-0.15, -0.1) is 0 Å². The third kappa shape index (κ3) is 12.8. The van der Waals surface area contributed by atoms with Crippen molar-refractivity contribution < 1.29 is 32.5 Å². The van der Waals surface area contributed by atoms with E-state index in [0.29, 0.717) is 12.2 Å². The lowest BCUT2D eigenvalue weighted by molar-refractivity contribution is -0.205. The lowest BCUT2D eigenvalue weighted by atomic mass is 10.1. The highest BCUT2D eigenvalue weighted by atomic mass is 19.4. The number of benzene rings is 1. The molecule has 1 N–H and O–H groups in total. The SMILES string of the molecule is CCCCCCCCCCCCN1C[C@@H](Oc2ccc(CCC(O)C(F)(F)F)cc2)C[C@@H]1CCC(=O)OC. The van der Waals surface area contributed by atoms with Gasteiger partial charge in [0.05, 0.1) is 7.11 Å². The predicted octanol–water partition coefficient (Wildman–Crippen LogP) is 7.24. The minimum atomic E-state index is -4.59. The lowest BCUT2D eigenvalue weighted by Gasteiger charge is -2.23. The van der Waals surface area contributed by atoms with E-state index in [-0.39, 0.29) is 31.0 Å². The molecule has 0 saturated carbocycles. The zero-order chi connectivity index (χ0) is 27.8. The number of carbonyl (C=O) groups is 1. The van der Waals surface area contributed by atoms with Crippen LogP contribution in [0.4, 0.5) is 13.2 Å². The van der Waals surface area contributed by atoms with Crippen molar-refractivity contribution in [1.82, 2.24) is 4.90 Å². The summed E-state index contributed by atoms with van der Waals surface area (Å²) < 4.78 is 48.6. The first-order chi connectivity index (χ1) is 18.2. The standard InChI is InChI=1S/C30H48F3NO4/c1-3-4-5-6-7-8-9-10-11-12-21-34-23-27(22-25(34)16-20-29(36)37-2)38-26-17-13-24(14-18-26)15-19-28(35)30(31,32)33/h13-14,17-18,25,27-28,35H,3-12,15-16,19-23H2,1-2H3/t25-,27-,28?/m0/s1. The van der Waals surface area contributed by atoms with Gasteiger partial charge >= 0.3 is 12.1 Å². The van der Waals surface area contributed by atoms with Crippen LogP contribution in [-0.2, 0) is 16.0 Å². The molecule has 0 amide bonds. The quantitative estimate of drug-likeness (QED) is 0.147. The number of ether oxygens (including phenoxy) is 2. The molecule has 0 bridgehead atoms. The van der Waals surface area contributed by atoms with Gasteiger partial charge < -0.3 is 14.6 Å². The number of alkyl halides is 3. The van der Waals surface area contributed by atoms with Crippen molar-refractivity contribution in [3.8, 4) is 5.75 Å². The molecule has 1 unspecified atom stereocenters. The van der Waals surface area contributed by atoms with Crippen molar-refractivity contribution in [1.29, 1.82) is 0 Å². The number of aliphatic hydroxyl groups is 1. The molecule has 5 nitrogen and oxygen atoms in total. The van der Waals surface area contributed by atoms with E-state index < -0.39 is 12.3 Å². The smallest absolute Gasteiger partial charge is 0.414 e. The number of esters is 1. The van der Waals surface area contributed by atoms with Crippen molar-refractivity contribution in [2.45, 2.75) is 128 Å². The van der Waals surface area contributed by atoms with Gasteiger partial charge in [-0.3, -0.25) is 9.69 Å². The van der Waals surface area contributed by atoms with Gasteiger partial charge in [0, 0.05) is 25.4 Å². The third-order valence-electron chi connectivity index (χ3n) is 7.51. The molecule has 1 aromatic rings. The molecule has 1 fully saturated rings. The van der Waals surface area contributed by atoms with E-state index >= 15 is 0 Å². The van der Waals surface area contributed by atoms with E-state index in [1.165, 1.54) is 64.9 Å². The van der Waals surface area contributed by atoms with Gasteiger partial charge in [-0.1, -0.05) is 76.8 Å². The Morgan fingerprint density at radius 3 is 2.21 bits per heavy atom. The summed E-state index contributed by atoms with van der Waals surface area (Å²) in [7, 11) is 1.41. The number of methoxy groups -OCH3 is 1. The summed E-state index contributed by atoms with van der Waals surface area (Å²) >= 11 is 0. The molecule has 2 rings (SSSR count). The highest BCUT2D eigenvalue weighted by Crippen LogP contribution is 2.28. The van der Waals surface area contributed by atoms with E-state index in [1.54, 1.807) is 24.3 Å². The Morgan fingerprint density at radius 1 is 1.03 bits per heavy atom. The maximum atomic E-state index is 12.5. The van der Waals surface area contributed by atoms with Crippen LogP contribution in [0, 0.1) is 0 Å². The van der Waals surface area contributed by atoms with Gasteiger partial charge in [0.25, 0.3) is 0 Å². The summed E-state index contributed by atoms with van der Waals surface area (Å²) in [5.74, 6) is 0.488. The van der Waals surface area contributed by atoms with E-state index in [2.05, 4.69) is 11.8 Å². The Kier molecular flexibility index (Phi) is 15.1. The second-order valence-corrected chi connectivity index (χ2v) is 10.7. The second kappa shape index (κ2) is 17.7. The normalized spacial score (nSPS) is 19.0. The molecule has 218 valence electrons. The lowest BCUT2D eigenvalue weighted by Crippen LogP contribution is -2.31. The van der Waals surface area contributed by atoms with Gasteiger partial charge in [-0.05, 0) is 49.9 Å². The van der Waals surface area contributed by atoms with Crippen LogP contribution in [0.1, 0.15) is 102 Å². The van der Waals surface area contributed by atoms with E-state index in [9.17, 15) is 23.1 Å². The fourth-order valence-electron chi connectivity index (χ4n) is 5.18. The zero-order valence-electron chi connectivity index (χ0n) is 23.3. The fourth-order valence-corrected chi connectivity index (χ4v) is 5.18. The molecule has 1 heterocycles. The number of halogens is 3. The highest BCUT2D eigenvalue weighted by Gasteiger charge is 2.37. The molecule has 3 atom stereocenters. The first kappa shape index (κ1) is 32.4. The molecule has 0 aromatic heterocycles. The van der Waals surface area contributed by atoms with E-state index in [4.69, 9.17) is 9.47 Å². The molecule has 0 radical (unpaired) electrons. The van der Waals surface area contributed by atoms with Crippen molar-refractivity contribution in [2.24, 2.45) is 0 Å². The first-order valence-electron chi connectivity index (χ1n) is 14.5. The van der Waals surface area contributed by atoms with Gasteiger partial charge in [0.15, 0.2) is 0 Å². The van der Waals surface area contributed by atoms with Crippen LogP contribution in [0.3, 0.4) is 0 Å². The number of carbonyl (C=O) groups excluding carboxylic acids is 1. The van der Waals surface area contributed by atoms with E-state index in [1.807, 2.05) is 0 Å². The van der Waals surface area contributed by atoms with Gasteiger partial charge in [0.2, 0.25) is 0 Å². The summed E-state index contributed by atoms with van der Waals surface area (Å²) in [6, 6.07) is 7.33. The monoisotopic (exact) mass is 543 g/mol. The highest BCUT2D eigenvalue weighted by molar-refractivity contribution is 5.69. The van der Waals surface area contributed by atoms with Gasteiger partial charge in [0.1, 0.15) is 18.0 Å². The second-order valence-electron chi connectivity index (χ2n) is 10.7. The van der Waals surface area contributed by atoms with Gasteiger partial charge in [-0.25, -0.2) is 0 Å². The van der Waals surface area contributed by atoms with Crippen molar-refractivity contribution >= 4 is 5.97 Å². The summed E-state index contributed by atoms with van der Waals surface area (Å²) in [5, 5.41) is 9.20. The van der Waals surface area contributed by atoms with Crippen LogP contribution in [0.15, 0.2) is 24.3 Å². The molecule has 38 heavy (non-hydrogen) atoms. The average molecular weight is 544 g/mol. The number of nitrogens with zero attached hydrogens (tertiary/aromatic N) is 1. The summed E-state index contributed by atoms with van der Waals surface area (Å²) in [5.41, 5.74) is 0.727. The molecular formula is C30H48F3NO4. The average Bonchev–Trinajstić information content (AvgIpc) is 3.28. The number of rotatable bonds is 19. The Labute approximate surface area is 227 Å². The number of hydrogen-bond donors (Lipinski definition) is 1. The summed E-state index contributed by atoms with van der Waals surface area (Å²) in [6.07, 6.45) is 7.78. The number of unbranched alkanes of at least 4 members (excludes halogenated alkanes) is 9. The van der Waals surface area contributed by atoms with Crippen LogP contribution in [0.5, 0.6) is 5.75 Å². The minimum Gasteiger partial charge on any atom is -0.489 e. The predicted molar refractivity (Wildman–Crippen MR) is 144 cm³/mol. The number of aryl methyl sites for hydroxylation is 1. The molecule has 1 saturated heterocycles. The zero-order valence-corrected chi connectivity index (χ0v) is 23.3. The largest absolute Gasteiger partial charge is 0.489 e. The summed E-state index contributed by atoms with van der Waals surface area (Å²) in [6.45, 7) is 4.03. The molecule has 1 aromatic carbocycles. The molecule has 8 heteroatoms. The minimum absolute atomic E-state index is 0.00123. The Balaban J connectivity index is 1.77. The van der Waals surface area contributed by atoms with Crippen LogP contribution in [-0.4, -0.2) is 60.6 Å². The topological polar surface area (TPSA) is 59.0 Å². The van der Waals surface area contributed by atoms with Crippen molar-refractivity contribution in [3.63, 3.8) is 0 Å². The van der Waals surface area contributed by atoms with Crippen LogP contribution in [0.25, 0.3) is 0 Å². The molecule has 1 aliphatic heterocycles. The van der Waals surface area contributed by atoms with Gasteiger partial charge in [-0.2, -0.15) is 13.2 Å². The number of aliphatic hydroxyl groups excluding tert-OH is 1. The molecular weight excluding hydrogens is 495 g/mol. The number of hydrogen-bond acceptors (Lipinski definition) is 5. The molecule has 1 aliphatic rings. The first-order valence-corrected chi connectivity index (χ1v) is 14.5. The maximum Gasteiger partial charge on any atom is 0.414 e. The van der Waals surface area contributed by atoms with E-state index in [0.717, 1.165) is 37.9 Å². The maximum absolute atomic E-state index is 12.5. The fraction of sp³-hybridized carbons (Fsp3) is 0.767. The Hall–Kier alpha value is -1.80. The Morgan fingerprint density at radius 2 is 1.63 bits per heavy atom. The Bertz CT molecular complexity index is 772. The van der Waals surface area contributed by atoms with Crippen LogP contribution in [0.2, 0.25) is 0 Å². The van der Waals surface area contributed by atoms with Crippen molar-refractivity contribution in [3.05, 3.63) is 29.8 Å². The third-order valence-corrected chi connectivity index (χ3v) is 7.51. The van der Waals surface area contributed by atoms with Crippen molar-refractivity contribution in [2.75, 3.05) is 20.2 Å².